The molecular weight excluding hydrogens is 314 g/mol. The maximum atomic E-state index is 12.7. The van der Waals surface area contributed by atoms with E-state index in [4.69, 9.17) is 0 Å². The van der Waals surface area contributed by atoms with Crippen LogP contribution in [0, 0.1) is 25.2 Å². The van der Waals surface area contributed by atoms with Crippen LogP contribution >= 0.6 is 0 Å². The van der Waals surface area contributed by atoms with Gasteiger partial charge in [0.2, 0.25) is 0 Å². The van der Waals surface area contributed by atoms with Gasteiger partial charge in [0.25, 0.3) is 5.91 Å². The first-order valence-electron chi connectivity index (χ1n) is 8.42. The van der Waals surface area contributed by atoms with Gasteiger partial charge in [-0.3, -0.25) is 9.78 Å². The van der Waals surface area contributed by atoms with E-state index in [1.807, 2.05) is 36.9 Å². The number of rotatable bonds is 2. The van der Waals surface area contributed by atoms with Crippen LogP contribution in [0.25, 0.3) is 0 Å². The standard InChI is InChI=1S/C19H21N5O/c1-14-10-17(13-21-12-14)19(25)24-7-3-6-23(8-9-24)18-16(11-20)5-4-15(2)22-18/h4-5,10,12-13H,3,6-9H2,1-2H3. The molecule has 0 saturated carbocycles. The molecule has 0 radical (unpaired) electrons. The minimum absolute atomic E-state index is 0.00996. The second-order valence-corrected chi connectivity index (χ2v) is 6.32. The number of pyridine rings is 2. The van der Waals surface area contributed by atoms with Crippen LogP contribution in [0.3, 0.4) is 0 Å². The first kappa shape index (κ1) is 16.9. The molecule has 0 aromatic carbocycles. The number of hydrogen-bond acceptors (Lipinski definition) is 5. The van der Waals surface area contributed by atoms with Crippen molar-refractivity contribution in [3.05, 3.63) is 53.0 Å². The maximum absolute atomic E-state index is 12.7. The highest BCUT2D eigenvalue weighted by molar-refractivity contribution is 5.94. The van der Waals surface area contributed by atoms with Gasteiger partial charge in [0, 0.05) is 44.3 Å². The van der Waals surface area contributed by atoms with E-state index in [2.05, 4.69) is 20.9 Å². The van der Waals surface area contributed by atoms with Crippen LogP contribution in [-0.4, -0.2) is 47.0 Å². The van der Waals surface area contributed by atoms with Gasteiger partial charge < -0.3 is 9.80 Å². The lowest BCUT2D eigenvalue weighted by Crippen LogP contribution is -2.35. The number of nitriles is 1. The van der Waals surface area contributed by atoms with Gasteiger partial charge in [0.05, 0.1) is 11.1 Å². The average Bonchev–Trinajstić information content (AvgIpc) is 2.87. The van der Waals surface area contributed by atoms with Gasteiger partial charge >= 0.3 is 0 Å². The molecular formula is C19H21N5O. The molecule has 128 valence electrons. The van der Waals surface area contributed by atoms with Crippen LogP contribution in [-0.2, 0) is 0 Å². The fourth-order valence-electron chi connectivity index (χ4n) is 3.06. The number of amides is 1. The number of carbonyl (C=O) groups is 1. The molecule has 2 aromatic heterocycles. The van der Waals surface area contributed by atoms with Gasteiger partial charge in [-0.05, 0) is 44.0 Å². The summed E-state index contributed by atoms with van der Waals surface area (Å²) in [5.74, 6) is 0.727. The molecule has 1 amide bonds. The van der Waals surface area contributed by atoms with Crippen molar-refractivity contribution in [1.82, 2.24) is 14.9 Å². The molecule has 0 bridgehead atoms. The highest BCUT2D eigenvalue weighted by Crippen LogP contribution is 2.20. The van der Waals surface area contributed by atoms with Crippen LogP contribution in [0.2, 0.25) is 0 Å². The summed E-state index contributed by atoms with van der Waals surface area (Å²) in [4.78, 5) is 25.3. The zero-order valence-electron chi connectivity index (χ0n) is 14.6. The van der Waals surface area contributed by atoms with Crippen molar-refractivity contribution in [2.24, 2.45) is 0 Å². The normalized spacial score (nSPS) is 14.8. The quantitative estimate of drug-likeness (QED) is 0.842. The lowest BCUT2D eigenvalue weighted by atomic mass is 10.2. The van der Waals surface area contributed by atoms with Gasteiger partial charge in [-0.2, -0.15) is 5.26 Å². The number of carbonyl (C=O) groups excluding carboxylic acids is 1. The summed E-state index contributed by atoms with van der Waals surface area (Å²) in [7, 11) is 0. The Kier molecular flexibility index (Phi) is 4.94. The predicted molar refractivity (Wildman–Crippen MR) is 95.4 cm³/mol. The van der Waals surface area contributed by atoms with Crippen molar-refractivity contribution < 1.29 is 4.79 Å². The van der Waals surface area contributed by atoms with Crippen molar-refractivity contribution in [3.63, 3.8) is 0 Å². The van der Waals surface area contributed by atoms with Gasteiger partial charge in [-0.15, -0.1) is 0 Å². The number of nitrogens with zero attached hydrogens (tertiary/aromatic N) is 5. The third-order valence-electron chi connectivity index (χ3n) is 4.34. The lowest BCUT2D eigenvalue weighted by Gasteiger charge is -2.24. The molecule has 1 aliphatic rings. The predicted octanol–water partition coefficient (Wildman–Crippen LogP) is 2.32. The summed E-state index contributed by atoms with van der Waals surface area (Å²) in [6.45, 7) is 6.59. The summed E-state index contributed by atoms with van der Waals surface area (Å²) in [6.07, 6.45) is 4.20. The fourth-order valence-corrected chi connectivity index (χ4v) is 3.06. The van der Waals surface area contributed by atoms with Gasteiger partial charge in [0.15, 0.2) is 0 Å². The Balaban J connectivity index is 1.76. The second-order valence-electron chi connectivity index (χ2n) is 6.32. The van der Waals surface area contributed by atoms with Crippen molar-refractivity contribution in [3.8, 4) is 6.07 Å². The third-order valence-corrected chi connectivity index (χ3v) is 4.34. The Hall–Kier alpha value is -2.94. The van der Waals surface area contributed by atoms with Crippen molar-refractivity contribution in [2.75, 3.05) is 31.1 Å². The Morgan fingerprint density at radius 2 is 2.00 bits per heavy atom. The lowest BCUT2D eigenvalue weighted by molar-refractivity contribution is 0.0766. The second kappa shape index (κ2) is 7.31. The van der Waals surface area contributed by atoms with Crippen LogP contribution in [0.4, 0.5) is 5.82 Å². The topological polar surface area (TPSA) is 73.1 Å². The van der Waals surface area contributed by atoms with Gasteiger partial charge in [0.1, 0.15) is 11.9 Å². The van der Waals surface area contributed by atoms with E-state index < -0.39 is 0 Å². The molecule has 25 heavy (non-hydrogen) atoms. The van der Waals surface area contributed by atoms with Gasteiger partial charge in [-0.1, -0.05) is 0 Å². The Bertz CT molecular complexity index is 827. The summed E-state index contributed by atoms with van der Waals surface area (Å²) in [5.41, 5.74) is 3.06. The van der Waals surface area contributed by atoms with E-state index >= 15 is 0 Å². The van der Waals surface area contributed by atoms with Gasteiger partial charge in [-0.25, -0.2) is 4.98 Å². The molecule has 2 aromatic rings. The molecule has 1 aliphatic heterocycles. The Morgan fingerprint density at radius 3 is 2.76 bits per heavy atom. The molecule has 1 saturated heterocycles. The van der Waals surface area contributed by atoms with Crippen LogP contribution in [0.15, 0.2) is 30.6 Å². The minimum Gasteiger partial charge on any atom is -0.354 e. The molecule has 6 heteroatoms. The number of aromatic nitrogens is 2. The van der Waals surface area contributed by atoms with E-state index in [9.17, 15) is 10.1 Å². The molecule has 0 atom stereocenters. The molecule has 0 N–H and O–H groups in total. The molecule has 1 fully saturated rings. The first-order chi connectivity index (χ1) is 12.1. The van der Waals surface area contributed by atoms with E-state index in [1.165, 1.54) is 0 Å². The molecule has 3 rings (SSSR count). The average molecular weight is 335 g/mol. The van der Waals surface area contributed by atoms with E-state index in [0.717, 1.165) is 24.2 Å². The summed E-state index contributed by atoms with van der Waals surface area (Å²) in [5, 5.41) is 9.34. The number of hydrogen-bond donors (Lipinski definition) is 0. The molecule has 3 heterocycles. The number of aryl methyl sites for hydroxylation is 2. The first-order valence-corrected chi connectivity index (χ1v) is 8.42. The summed E-state index contributed by atoms with van der Waals surface area (Å²) >= 11 is 0. The monoisotopic (exact) mass is 335 g/mol. The SMILES string of the molecule is Cc1cncc(C(=O)N2CCCN(c3nc(C)ccc3C#N)CC2)c1. The Labute approximate surface area is 147 Å². The minimum atomic E-state index is 0.00996. The van der Waals surface area contributed by atoms with Crippen molar-refractivity contribution in [1.29, 1.82) is 5.26 Å². The molecule has 0 unspecified atom stereocenters. The molecule has 6 nitrogen and oxygen atoms in total. The van der Waals surface area contributed by atoms with E-state index in [-0.39, 0.29) is 5.91 Å². The number of anilines is 1. The van der Waals surface area contributed by atoms with Crippen LogP contribution in [0.5, 0.6) is 0 Å². The highest BCUT2D eigenvalue weighted by atomic mass is 16.2. The third kappa shape index (κ3) is 3.77. The fraction of sp³-hybridized carbons (Fsp3) is 0.368. The van der Waals surface area contributed by atoms with E-state index in [1.54, 1.807) is 12.4 Å². The van der Waals surface area contributed by atoms with Crippen LogP contribution in [0.1, 0.15) is 33.6 Å². The van der Waals surface area contributed by atoms with Crippen molar-refractivity contribution in [2.45, 2.75) is 20.3 Å². The zero-order valence-corrected chi connectivity index (χ0v) is 14.6. The molecule has 0 spiro atoms. The van der Waals surface area contributed by atoms with Crippen LogP contribution < -0.4 is 4.90 Å². The largest absolute Gasteiger partial charge is 0.354 e. The molecule has 0 aliphatic carbocycles. The smallest absolute Gasteiger partial charge is 0.255 e. The highest BCUT2D eigenvalue weighted by Gasteiger charge is 2.22. The van der Waals surface area contributed by atoms with E-state index in [0.29, 0.717) is 36.6 Å². The maximum Gasteiger partial charge on any atom is 0.255 e. The Morgan fingerprint density at radius 1 is 1.16 bits per heavy atom. The van der Waals surface area contributed by atoms with Crippen molar-refractivity contribution >= 4 is 11.7 Å². The zero-order chi connectivity index (χ0) is 17.8. The summed E-state index contributed by atoms with van der Waals surface area (Å²) in [6, 6.07) is 7.74. The summed E-state index contributed by atoms with van der Waals surface area (Å²) < 4.78 is 0.